The molecule has 1 unspecified atom stereocenters. The number of ether oxygens (including phenoxy) is 1. The molecule has 2 aromatic carbocycles. The van der Waals surface area contributed by atoms with E-state index in [-0.39, 0.29) is 12.5 Å². The first-order valence-corrected chi connectivity index (χ1v) is 12.0. The van der Waals surface area contributed by atoms with Gasteiger partial charge in [0, 0.05) is 41.2 Å². The molecule has 4 N–H and O–H groups in total. The number of anilines is 1. The van der Waals surface area contributed by atoms with Gasteiger partial charge in [-0.2, -0.15) is 0 Å². The van der Waals surface area contributed by atoms with E-state index in [0.717, 1.165) is 29.4 Å². The van der Waals surface area contributed by atoms with Crippen LogP contribution in [0.4, 0.5) is 5.82 Å². The van der Waals surface area contributed by atoms with Crippen molar-refractivity contribution in [1.82, 2.24) is 15.2 Å². The normalized spacial score (nSPS) is 11.2. The van der Waals surface area contributed by atoms with Crippen LogP contribution in [0.25, 0.3) is 10.8 Å². The molecular formula is C28H36N4O3. The number of methoxy groups -OCH3 is 1. The van der Waals surface area contributed by atoms with E-state index in [2.05, 4.69) is 27.0 Å². The summed E-state index contributed by atoms with van der Waals surface area (Å²) in [5.41, 5.74) is 7.96. The van der Waals surface area contributed by atoms with Gasteiger partial charge in [0.15, 0.2) is 0 Å². The van der Waals surface area contributed by atoms with Crippen molar-refractivity contribution in [3.63, 3.8) is 0 Å². The van der Waals surface area contributed by atoms with Gasteiger partial charge in [-0.3, -0.25) is 4.79 Å². The zero-order valence-electron chi connectivity index (χ0n) is 21.3. The summed E-state index contributed by atoms with van der Waals surface area (Å²) in [4.78, 5) is 18.8. The van der Waals surface area contributed by atoms with E-state index in [0.29, 0.717) is 29.2 Å². The first-order chi connectivity index (χ1) is 16.9. The van der Waals surface area contributed by atoms with Crippen molar-refractivity contribution >= 4 is 22.5 Å². The minimum atomic E-state index is -0.614. The summed E-state index contributed by atoms with van der Waals surface area (Å²) in [5, 5.41) is 14.7. The van der Waals surface area contributed by atoms with Gasteiger partial charge < -0.3 is 25.8 Å². The number of hydrogen-bond acceptors (Lipinski definition) is 6. The topological polar surface area (TPSA) is 101 Å². The summed E-state index contributed by atoms with van der Waals surface area (Å²) in [7, 11) is 1.61. The second-order valence-electron chi connectivity index (χ2n) is 7.65. The van der Waals surface area contributed by atoms with Gasteiger partial charge in [0.2, 0.25) is 0 Å². The average Bonchev–Trinajstić information content (AvgIpc) is 2.90. The summed E-state index contributed by atoms with van der Waals surface area (Å²) in [6.07, 6.45) is 1.10. The number of pyridine rings is 1. The molecule has 0 radical (unpaired) electrons. The van der Waals surface area contributed by atoms with E-state index in [1.54, 1.807) is 37.6 Å². The van der Waals surface area contributed by atoms with Crippen LogP contribution in [0.5, 0.6) is 5.75 Å². The van der Waals surface area contributed by atoms with Gasteiger partial charge in [-0.1, -0.05) is 39.5 Å². The minimum Gasteiger partial charge on any atom is -0.497 e. The van der Waals surface area contributed by atoms with Gasteiger partial charge in [0.05, 0.1) is 18.8 Å². The Bertz CT molecular complexity index is 1160. The Labute approximate surface area is 208 Å². The maximum atomic E-state index is 12.4. The van der Waals surface area contributed by atoms with Crippen LogP contribution in [-0.4, -0.2) is 60.3 Å². The first kappa shape index (κ1) is 27.6. The predicted octanol–water partition coefficient (Wildman–Crippen LogP) is 3.68. The quantitative estimate of drug-likeness (QED) is 0.429. The second kappa shape index (κ2) is 14.0. The molecule has 3 rings (SSSR count). The van der Waals surface area contributed by atoms with Crippen LogP contribution in [0.3, 0.4) is 0 Å². The van der Waals surface area contributed by atoms with Crippen molar-refractivity contribution in [2.75, 3.05) is 39.0 Å². The van der Waals surface area contributed by atoms with E-state index in [9.17, 15) is 9.90 Å². The number of rotatable bonds is 8. The lowest BCUT2D eigenvalue weighted by molar-refractivity contribution is 0.0869. The predicted molar refractivity (Wildman–Crippen MR) is 143 cm³/mol. The van der Waals surface area contributed by atoms with Crippen LogP contribution >= 0.6 is 0 Å². The van der Waals surface area contributed by atoms with Crippen LogP contribution in [0.1, 0.15) is 49.2 Å². The smallest absolute Gasteiger partial charge is 0.251 e. The fourth-order valence-corrected chi connectivity index (χ4v) is 3.46. The number of nitrogens with zero attached hydrogens (tertiary/aromatic N) is 2. The van der Waals surface area contributed by atoms with Gasteiger partial charge in [0.25, 0.3) is 5.91 Å². The number of aromatic nitrogens is 1. The van der Waals surface area contributed by atoms with Crippen LogP contribution in [-0.2, 0) is 0 Å². The van der Waals surface area contributed by atoms with E-state index < -0.39 is 6.10 Å². The second-order valence-corrected chi connectivity index (χ2v) is 7.65. The molecule has 1 heterocycles. The molecule has 0 saturated heterocycles. The zero-order chi connectivity index (χ0) is 25.8. The molecule has 0 saturated carbocycles. The zero-order valence-corrected chi connectivity index (χ0v) is 21.3. The van der Waals surface area contributed by atoms with Gasteiger partial charge >= 0.3 is 0 Å². The number of aliphatic hydroxyl groups is 1. The number of nitrogens with two attached hydrogens (primary N) is 1. The maximum Gasteiger partial charge on any atom is 0.251 e. The van der Waals surface area contributed by atoms with Crippen molar-refractivity contribution in [3.05, 3.63) is 65.4 Å². The number of amides is 1. The van der Waals surface area contributed by atoms with Crippen LogP contribution in [0.15, 0.2) is 48.7 Å². The Balaban J connectivity index is 0.00000210. The largest absolute Gasteiger partial charge is 0.497 e. The van der Waals surface area contributed by atoms with Crippen molar-refractivity contribution in [3.8, 4) is 17.6 Å². The van der Waals surface area contributed by atoms with Crippen LogP contribution in [0.2, 0.25) is 0 Å². The molecule has 1 aromatic heterocycles. The molecule has 0 aliphatic heterocycles. The fourth-order valence-electron chi connectivity index (χ4n) is 3.46. The number of nitrogens with one attached hydrogen (secondary N) is 1. The number of fused-ring (bicyclic) bond motifs is 1. The van der Waals surface area contributed by atoms with E-state index >= 15 is 0 Å². The maximum absolute atomic E-state index is 12.4. The number of aliphatic hydroxyl groups excluding tert-OH is 1. The summed E-state index contributed by atoms with van der Waals surface area (Å²) in [6.45, 7) is 10.5. The molecule has 1 atom stereocenters. The number of carbonyl (C=O) groups excluding carboxylic acids is 1. The molecule has 7 nitrogen and oxygen atoms in total. The number of likely N-dealkylation sites (N-methyl/N-ethyl adjacent to an activating group) is 1. The van der Waals surface area contributed by atoms with Crippen molar-refractivity contribution < 1.29 is 14.6 Å². The molecule has 0 spiro atoms. The fraction of sp³-hybridized carbons (Fsp3) is 0.357. The van der Waals surface area contributed by atoms with Crippen LogP contribution < -0.4 is 15.8 Å². The summed E-state index contributed by atoms with van der Waals surface area (Å²) < 4.78 is 5.31. The lowest BCUT2D eigenvalue weighted by Gasteiger charge is -2.22. The van der Waals surface area contributed by atoms with Gasteiger partial charge in [-0.25, -0.2) is 4.98 Å². The molecule has 35 heavy (non-hydrogen) atoms. The number of carbonyl (C=O) groups is 1. The minimum absolute atomic E-state index is 0.202. The lowest BCUT2D eigenvalue weighted by atomic mass is 10.1. The Hall–Kier alpha value is -3.60. The van der Waals surface area contributed by atoms with E-state index in [1.807, 2.05) is 45.9 Å². The highest BCUT2D eigenvalue weighted by Gasteiger charge is 2.12. The third-order valence-electron chi connectivity index (χ3n) is 5.47. The summed E-state index contributed by atoms with van der Waals surface area (Å²) >= 11 is 0. The average molecular weight is 477 g/mol. The Morgan fingerprint density at radius 2 is 1.83 bits per heavy atom. The van der Waals surface area contributed by atoms with E-state index in [4.69, 9.17) is 10.5 Å². The van der Waals surface area contributed by atoms with Gasteiger partial charge in [-0.15, -0.1) is 0 Å². The van der Waals surface area contributed by atoms with Crippen LogP contribution in [0, 0.1) is 11.8 Å². The third kappa shape index (κ3) is 7.71. The standard InChI is InChI=1S/C26H30N4O3.C2H6/c1-4-30(5-2)17-21(31)16-29-26(32)19-9-6-18(7-10-19)8-13-23-24-14-22(33-3)12-11-20(24)15-28-25(23)27;1-2/h6-7,9-12,14-15,21,31H,4-5,16-17H2,1-3H3,(H2,27,28)(H,29,32);1-2H3. The molecule has 0 aliphatic rings. The number of nitrogen functional groups attached to an aromatic ring is 1. The molecular weight excluding hydrogens is 440 g/mol. The summed E-state index contributed by atoms with van der Waals surface area (Å²) in [6, 6.07) is 12.7. The van der Waals surface area contributed by atoms with Crippen molar-refractivity contribution in [1.29, 1.82) is 0 Å². The summed E-state index contributed by atoms with van der Waals surface area (Å²) in [5.74, 6) is 7.04. The monoisotopic (exact) mass is 476 g/mol. The van der Waals surface area contributed by atoms with E-state index in [1.165, 1.54) is 0 Å². The Kier molecular flexibility index (Phi) is 11.0. The number of hydrogen-bond donors (Lipinski definition) is 3. The third-order valence-corrected chi connectivity index (χ3v) is 5.47. The molecule has 3 aromatic rings. The van der Waals surface area contributed by atoms with Crippen molar-refractivity contribution in [2.45, 2.75) is 33.8 Å². The van der Waals surface area contributed by atoms with Crippen molar-refractivity contribution in [2.24, 2.45) is 0 Å². The number of benzene rings is 2. The first-order valence-electron chi connectivity index (χ1n) is 12.0. The SMILES string of the molecule is CC.CCN(CC)CC(O)CNC(=O)c1ccc(C#Cc2c(N)ncc3ccc(OC)cc23)cc1. The molecule has 0 bridgehead atoms. The Morgan fingerprint density at radius 1 is 1.14 bits per heavy atom. The Morgan fingerprint density at radius 3 is 2.46 bits per heavy atom. The molecule has 1 amide bonds. The van der Waals surface area contributed by atoms with Gasteiger partial charge in [0.1, 0.15) is 11.6 Å². The lowest BCUT2D eigenvalue weighted by Crippen LogP contribution is -2.40. The molecule has 186 valence electrons. The molecule has 0 aliphatic carbocycles. The highest BCUT2D eigenvalue weighted by molar-refractivity contribution is 5.94. The molecule has 0 fully saturated rings. The highest BCUT2D eigenvalue weighted by atomic mass is 16.5. The molecule has 7 heteroatoms. The highest BCUT2D eigenvalue weighted by Crippen LogP contribution is 2.25. The van der Waals surface area contributed by atoms with Gasteiger partial charge in [-0.05, 0) is 55.6 Å².